The van der Waals surface area contributed by atoms with Crippen molar-refractivity contribution in [2.24, 2.45) is 0 Å². The third-order valence-electron chi connectivity index (χ3n) is 4.19. The lowest BCUT2D eigenvalue weighted by atomic mass is 10.0. The van der Waals surface area contributed by atoms with E-state index in [0.717, 1.165) is 16.2 Å². The predicted octanol–water partition coefficient (Wildman–Crippen LogP) is -0.0741. The molecule has 3 heterocycles. The van der Waals surface area contributed by atoms with Gasteiger partial charge in [-0.3, -0.25) is 19.3 Å². The molecule has 0 unspecified atom stereocenters. The maximum atomic E-state index is 12.7. The largest absolute Gasteiger partial charge is 0.498 e. The van der Waals surface area contributed by atoms with Crippen molar-refractivity contribution in [1.82, 2.24) is 15.2 Å². The van der Waals surface area contributed by atoms with Gasteiger partial charge in [-0.15, -0.1) is 23.1 Å². The first kappa shape index (κ1) is 20.7. The van der Waals surface area contributed by atoms with Crippen molar-refractivity contribution in [1.29, 1.82) is 0 Å². The lowest BCUT2D eigenvalue weighted by Gasteiger charge is -2.48. The van der Waals surface area contributed by atoms with Crippen molar-refractivity contribution >= 4 is 57.6 Å². The van der Waals surface area contributed by atoms with E-state index in [1.165, 1.54) is 30.3 Å². The van der Waals surface area contributed by atoms with E-state index in [9.17, 15) is 24.3 Å². The molecule has 2 aliphatic rings. The number of fused-ring (bicyclic) bond motifs is 1. The molecule has 5 N–H and O–H groups in total. The molecule has 13 heteroatoms. The number of nitrogens with one attached hydrogen (secondary N) is 1. The fraction of sp³-hybridized carbons (Fsp3) is 0.312. The summed E-state index contributed by atoms with van der Waals surface area (Å²) in [6.07, 6.45) is 0.763. The lowest BCUT2D eigenvalue weighted by Crippen LogP contribution is -2.70. The first-order valence-corrected chi connectivity index (χ1v) is 10.1. The Morgan fingerprint density at radius 1 is 1.45 bits per heavy atom. The number of nitrogen functional groups attached to an aromatic ring is 1. The number of nitrogens with zero attached hydrogens (tertiary/aromatic N) is 2. The molecule has 29 heavy (non-hydrogen) atoms. The smallest absolute Gasteiger partial charge is 0.356 e. The van der Waals surface area contributed by atoms with Crippen LogP contribution < -0.4 is 11.1 Å². The minimum absolute atomic E-state index is 0.0287. The molecular weight excluding hydrogens is 424 g/mol. The van der Waals surface area contributed by atoms with E-state index in [1.807, 2.05) is 0 Å². The lowest BCUT2D eigenvalue weighted by molar-refractivity contribution is -0.150. The zero-order valence-electron chi connectivity index (χ0n) is 14.9. The van der Waals surface area contributed by atoms with E-state index in [1.54, 1.807) is 0 Å². The van der Waals surface area contributed by atoms with E-state index in [4.69, 9.17) is 15.6 Å². The van der Waals surface area contributed by atoms with Gasteiger partial charge in [-0.1, -0.05) is 6.08 Å². The van der Waals surface area contributed by atoms with Gasteiger partial charge in [-0.2, -0.15) is 0 Å². The Hall–Kier alpha value is -3.06. The van der Waals surface area contributed by atoms with Crippen molar-refractivity contribution in [3.63, 3.8) is 0 Å². The van der Waals surface area contributed by atoms with Crippen LogP contribution in [0.3, 0.4) is 0 Å². The molecule has 1 fully saturated rings. The van der Waals surface area contributed by atoms with Gasteiger partial charge in [0, 0.05) is 5.38 Å². The molecule has 11 nitrogen and oxygen atoms in total. The number of hydrogen-bond acceptors (Lipinski definition) is 9. The molecule has 2 aliphatic heterocycles. The number of hydrogen-bond donors (Lipinski definition) is 4. The third-order valence-corrected chi connectivity index (χ3v) is 6.12. The molecule has 1 aromatic heterocycles. The first-order chi connectivity index (χ1) is 13.7. The second-order valence-corrected chi connectivity index (χ2v) is 7.92. The Morgan fingerprint density at radius 3 is 2.72 bits per heavy atom. The van der Waals surface area contributed by atoms with E-state index >= 15 is 0 Å². The summed E-state index contributed by atoms with van der Waals surface area (Å²) >= 11 is 2.33. The van der Waals surface area contributed by atoms with Gasteiger partial charge in [-0.05, 0) is 0 Å². The second kappa shape index (κ2) is 8.13. The van der Waals surface area contributed by atoms with Gasteiger partial charge in [0.1, 0.15) is 17.2 Å². The number of thioether (sulfide) groups is 1. The van der Waals surface area contributed by atoms with Crippen molar-refractivity contribution in [2.75, 3.05) is 18.6 Å². The number of carboxylic acids is 2. The highest BCUT2D eigenvalue weighted by Gasteiger charge is 2.54. The molecule has 0 saturated carbocycles. The first-order valence-electron chi connectivity index (χ1n) is 8.13. The quantitative estimate of drug-likeness (QED) is 0.332. The molecule has 154 valence electrons. The van der Waals surface area contributed by atoms with Crippen LogP contribution >= 0.6 is 23.1 Å². The molecule has 0 bridgehead atoms. The van der Waals surface area contributed by atoms with Gasteiger partial charge >= 0.3 is 11.9 Å². The zero-order valence-corrected chi connectivity index (χ0v) is 16.6. The number of thiazole rings is 1. The minimum Gasteiger partial charge on any atom is -0.498 e. The molecular formula is C16H16N4O7S2. The van der Waals surface area contributed by atoms with E-state index < -0.39 is 41.6 Å². The summed E-state index contributed by atoms with van der Waals surface area (Å²) in [4.78, 5) is 52.8. The van der Waals surface area contributed by atoms with Crippen LogP contribution in [0.25, 0.3) is 5.57 Å². The van der Waals surface area contributed by atoms with Gasteiger partial charge in [0.05, 0.1) is 30.6 Å². The van der Waals surface area contributed by atoms with Crippen molar-refractivity contribution < 1.29 is 34.1 Å². The zero-order chi connectivity index (χ0) is 21.3. The highest BCUT2D eigenvalue weighted by atomic mass is 32.2. The second-order valence-electron chi connectivity index (χ2n) is 5.93. The Kier molecular flexibility index (Phi) is 5.79. The number of carboxylic acid groups (broad SMARTS) is 2. The standard InChI is InChI=1S/C16H16N4O7S2/c1-27-8-5-28-14-10(13(24)20(14)11(8)15(25)26)19-12(23)6(2-3-9(21)22)7-4-29-16(17)18-7/h2,4,10,14H,3,5H2,1H3,(H2,17,18)(H,19,23)(H,21,22)(H,25,26)/t10-,14+/m1/s1. The number of methoxy groups -OCH3 is 1. The van der Waals surface area contributed by atoms with E-state index in [2.05, 4.69) is 10.3 Å². The molecule has 2 amide bonds. The number of carbonyl (C=O) groups is 4. The van der Waals surface area contributed by atoms with E-state index in [0.29, 0.717) is 0 Å². The molecule has 1 aromatic rings. The normalized spacial score (nSPS) is 21.3. The number of β-lactam (4-membered cyclic amide) rings is 1. The maximum absolute atomic E-state index is 12.7. The molecule has 0 aliphatic carbocycles. The van der Waals surface area contributed by atoms with Crippen LogP contribution in [0.2, 0.25) is 0 Å². The highest BCUT2D eigenvalue weighted by Crippen LogP contribution is 2.40. The number of aromatic nitrogens is 1. The SMILES string of the molecule is COC1=C(C(=O)O)N2C(=O)[C@@H](NC(=O)C(=CCC(=O)O)c3csc(N)n3)[C@@H]2SC1. The molecule has 3 rings (SSSR count). The molecule has 0 aromatic carbocycles. The monoisotopic (exact) mass is 440 g/mol. The topological polar surface area (TPSA) is 172 Å². The summed E-state index contributed by atoms with van der Waals surface area (Å²) in [5.74, 6) is -3.35. The summed E-state index contributed by atoms with van der Waals surface area (Å²) in [5.41, 5.74) is 5.50. The predicted molar refractivity (Wildman–Crippen MR) is 103 cm³/mol. The van der Waals surface area contributed by atoms with Crippen LogP contribution in [0.15, 0.2) is 22.9 Å². The number of ether oxygens (including phenoxy) is 1. The van der Waals surface area contributed by atoms with Crippen molar-refractivity contribution in [3.05, 3.63) is 28.6 Å². The van der Waals surface area contributed by atoms with Gasteiger partial charge in [0.2, 0.25) is 0 Å². The Bertz CT molecular complexity index is 955. The number of rotatable bonds is 7. The number of anilines is 1. The third kappa shape index (κ3) is 3.91. The Labute approximate surface area is 172 Å². The van der Waals surface area contributed by atoms with Crippen LogP contribution in [0.1, 0.15) is 12.1 Å². The summed E-state index contributed by atoms with van der Waals surface area (Å²) in [6.45, 7) is 0. The van der Waals surface area contributed by atoms with Crippen LogP contribution in [0, 0.1) is 0 Å². The van der Waals surface area contributed by atoms with Crippen molar-refractivity contribution in [2.45, 2.75) is 17.8 Å². The molecule has 1 saturated heterocycles. The average molecular weight is 440 g/mol. The fourth-order valence-corrected chi connectivity index (χ4v) is 4.76. The molecule has 0 radical (unpaired) electrons. The molecule has 2 atom stereocenters. The van der Waals surface area contributed by atoms with Crippen LogP contribution in [-0.4, -0.2) is 68.1 Å². The van der Waals surface area contributed by atoms with Gasteiger partial charge in [0.15, 0.2) is 10.8 Å². The number of nitrogens with two attached hydrogens (primary N) is 1. The van der Waals surface area contributed by atoms with Crippen LogP contribution in [0.4, 0.5) is 5.13 Å². The number of aliphatic carboxylic acids is 2. The Balaban J connectivity index is 1.81. The van der Waals surface area contributed by atoms with Crippen molar-refractivity contribution in [3.8, 4) is 0 Å². The summed E-state index contributed by atoms with van der Waals surface area (Å²) < 4.78 is 5.05. The van der Waals surface area contributed by atoms with Gasteiger partial charge in [0.25, 0.3) is 11.8 Å². The van der Waals surface area contributed by atoms with Gasteiger partial charge in [-0.25, -0.2) is 9.78 Å². The number of carbonyl (C=O) groups excluding carboxylic acids is 2. The fourth-order valence-electron chi connectivity index (χ4n) is 2.88. The van der Waals surface area contributed by atoms with Crippen LogP contribution in [0.5, 0.6) is 0 Å². The van der Waals surface area contributed by atoms with E-state index in [-0.39, 0.29) is 33.6 Å². The average Bonchev–Trinajstić information content (AvgIpc) is 3.10. The molecule has 0 spiro atoms. The van der Waals surface area contributed by atoms with Crippen LogP contribution in [-0.2, 0) is 23.9 Å². The minimum atomic E-state index is -1.30. The summed E-state index contributed by atoms with van der Waals surface area (Å²) in [6, 6.07) is -0.968. The van der Waals surface area contributed by atoms with Gasteiger partial charge < -0.3 is 26.0 Å². The summed E-state index contributed by atoms with van der Waals surface area (Å²) in [5, 5.41) is 21.9. The highest BCUT2D eigenvalue weighted by molar-refractivity contribution is 8.00. The Morgan fingerprint density at radius 2 is 2.17 bits per heavy atom. The maximum Gasteiger partial charge on any atom is 0.356 e. The summed E-state index contributed by atoms with van der Waals surface area (Å²) in [7, 11) is 1.32. The number of amides is 2.